The molecule has 1 aromatic carbocycles. The summed E-state index contributed by atoms with van der Waals surface area (Å²) in [7, 11) is 0. The number of rotatable bonds is 9. The summed E-state index contributed by atoms with van der Waals surface area (Å²) in [5.74, 6) is 0. The van der Waals surface area contributed by atoms with E-state index in [1.165, 1.54) is 22.3 Å². The molecule has 0 aromatic heterocycles. The van der Waals surface area contributed by atoms with Crippen LogP contribution in [0.15, 0.2) is 78.1 Å². The molecule has 1 aromatic rings. The van der Waals surface area contributed by atoms with Crippen molar-refractivity contribution in [1.29, 1.82) is 0 Å². The van der Waals surface area contributed by atoms with Crippen LogP contribution in [-0.2, 0) is 6.54 Å². The Bertz CT molecular complexity index is 870. The van der Waals surface area contributed by atoms with E-state index in [2.05, 4.69) is 82.5 Å². The molecule has 0 amide bonds. The summed E-state index contributed by atoms with van der Waals surface area (Å²) in [5.41, 5.74) is 9.49. The average Bonchev–Trinajstić information content (AvgIpc) is 2.56. The van der Waals surface area contributed by atoms with Crippen molar-refractivity contribution in [3.8, 4) is 0 Å². The molecule has 0 fully saturated rings. The summed E-state index contributed by atoms with van der Waals surface area (Å²) in [4.78, 5) is 4.53. The number of aryl methyl sites for hydroxylation is 1. The first-order chi connectivity index (χ1) is 13.3. The summed E-state index contributed by atoms with van der Waals surface area (Å²) >= 11 is 0. The maximum atomic E-state index is 4.53. The van der Waals surface area contributed by atoms with Crippen LogP contribution in [0.4, 0.5) is 0 Å². The summed E-state index contributed by atoms with van der Waals surface area (Å²) in [6.45, 7) is 31.8. The van der Waals surface area contributed by atoms with E-state index < -0.39 is 0 Å². The van der Waals surface area contributed by atoms with Crippen molar-refractivity contribution in [3.63, 3.8) is 0 Å². The van der Waals surface area contributed by atoms with Crippen molar-refractivity contribution in [2.75, 3.05) is 0 Å². The van der Waals surface area contributed by atoms with E-state index in [1.54, 1.807) is 0 Å². The van der Waals surface area contributed by atoms with Crippen molar-refractivity contribution < 1.29 is 0 Å². The Morgan fingerprint density at radius 2 is 1.69 bits per heavy atom. The van der Waals surface area contributed by atoms with E-state index in [1.807, 2.05) is 26.8 Å². The molecule has 2 heteroatoms. The molecule has 0 heterocycles. The number of aliphatic imine (C=N–C) groups is 1. The number of benzene rings is 1. The van der Waals surface area contributed by atoms with Crippen LogP contribution in [0.2, 0.25) is 0 Å². The predicted octanol–water partition coefficient (Wildman–Crippen LogP) is 7.54. The van der Waals surface area contributed by atoms with Crippen molar-refractivity contribution in [2.24, 2.45) is 10.4 Å². The third-order valence-corrected chi connectivity index (χ3v) is 4.57. The number of hydrogen-bond acceptors (Lipinski definition) is 2. The number of nitrogens with zero attached hydrogens (tertiary/aromatic N) is 1. The highest BCUT2D eigenvalue weighted by atomic mass is 14.9. The first kappa shape index (κ1) is 24.4. The Morgan fingerprint density at radius 1 is 1.07 bits per heavy atom. The van der Waals surface area contributed by atoms with Gasteiger partial charge in [-0.3, -0.25) is 4.99 Å². The van der Waals surface area contributed by atoms with Gasteiger partial charge in [-0.2, -0.15) is 0 Å². The molecule has 29 heavy (non-hydrogen) atoms. The van der Waals surface area contributed by atoms with Crippen LogP contribution in [0.5, 0.6) is 0 Å². The van der Waals surface area contributed by atoms with E-state index in [0.29, 0.717) is 6.54 Å². The minimum Gasteiger partial charge on any atom is -0.380 e. The van der Waals surface area contributed by atoms with Crippen LogP contribution < -0.4 is 5.32 Å². The van der Waals surface area contributed by atoms with Crippen molar-refractivity contribution in [2.45, 2.75) is 61.4 Å². The van der Waals surface area contributed by atoms with Crippen LogP contribution in [0.3, 0.4) is 0 Å². The Hall–Kier alpha value is -2.61. The lowest BCUT2D eigenvalue weighted by atomic mass is 9.84. The number of nitrogens with one attached hydrogen (secondary N) is 1. The lowest BCUT2D eigenvalue weighted by Gasteiger charge is -2.21. The molecule has 156 valence electrons. The highest BCUT2D eigenvalue weighted by Crippen LogP contribution is 2.30. The van der Waals surface area contributed by atoms with E-state index in [9.17, 15) is 0 Å². The third-order valence-electron chi connectivity index (χ3n) is 4.57. The molecule has 0 bridgehead atoms. The van der Waals surface area contributed by atoms with E-state index in [4.69, 9.17) is 0 Å². The van der Waals surface area contributed by atoms with Crippen molar-refractivity contribution in [1.82, 2.24) is 5.32 Å². The molecular weight excluding hydrogens is 352 g/mol. The monoisotopic (exact) mass is 390 g/mol. The van der Waals surface area contributed by atoms with E-state index in [-0.39, 0.29) is 5.41 Å². The lowest BCUT2D eigenvalue weighted by Crippen LogP contribution is -2.18. The highest BCUT2D eigenvalue weighted by molar-refractivity contribution is 6.08. The van der Waals surface area contributed by atoms with Crippen LogP contribution in [-0.4, -0.2) is 5.71 Å². The first-order valence-electron chi connectivity index (χ1n) is 10.1. The number of allylic oxidation sites excluding steroid dienone is 5. The molecule has 0 aliphatic heterocycles. The number of hydrogen-bond donors (Lipinski definition) is 1. The SMILES string of the molecule is C=C(C)N=C(/C=C(\C)C(=C)C)C(=C)NCc1ccc(C(=C)CC(C)(C)C)c(C)c1. The van der Waals surface area contributed by atoms with E-state index >= 15 is 0 Å². The van der Waals surface area contributed by atoms with Gasteiger partial charge in [0.15, 0.2) is 0 Å². The molecule has 1 rings (SSSR count). The van der Waals surface area contributed by atoms with Crippen molar-refractivity contribution >= 4 is 11.3 Å². The van der Waals surface area contributed by atoms with Gasteiger partial charge in [0.25, 0.3) is 0 Å². The van der Waals surface area contributed by atoms with Gasteiger partial charge in [-0.05, 0) is 73.4 Å². The first-order valence-corrected chi connectivity index (χ1v) is 10.1. The molecular formula is C27H38N2. The fourth-order valence-electron chi connectivity index (χ4n) is 2.99. The average molecular weight is 391 g/mol. The topological polar surface area (TPSA) is 24.4 Å². The Kier molecular flexibility index (Phi) is 8.63. The Labute approximate surface area is 178 Å². The Balaban J connectivity index is 2.93. The van der Waals surface area contributed by atoms with Crippen molar-refractivity contribution in [3.05, 3.63) is 89.8 Å². The van der Waals surface area contributed by atoms with Gasteiger partial charge in [0, 0.05) is 12.2 Å². The lowest BCUT2D eigenvalue weighted by molar-refractivity contribution is 0.427. The van der Waals surface area contributed by atoms with Gasteiger partial charge in [0.1, 0.15) is 0 Å². The molecule has 0 aliphatic carbocycles. The maximum Gasteiger partial charge on any atom is 0.0860 e. The molecule has 0 spiro atoms. The molecule has 2 nitrogen and oxygen atoms in total. The second kappa shape index (κ2) is 10.2. The summed E-state index contributed by atoms with van der Waals surface area (Å²) in [5, 5.41) is 3.40. The highest BCUT2D eigenvalue weighted by Gasteiger charge is 2.14. The van der Waals surface area contributed by atoms with Crippen LogP contribution in [0, 0.1) is 12.3 Å². The van der Waals surface area contributed by atoms with Gasteiger partial charge >= 0.3 is 0 Å². The molecule has 0 saturated heterocycles. The van der Waals surface area contributed by atoms with Gasteiger partial charge in [-0.15, -0.1) is 0 Å². The molecule has 0 radical (unpaired) electrons. The standard InChI is InChI=1S/C27H38N2/c1-18(2)20(5)15-26(29-19(3)4)23(8)28-17-24-12-13-25(21(6)14-24)22(7)16-27(9,10)11/h12-15,28H,1,3,7-8,16-17H2,2,4-6,9-11H3/b20-15+,29-26?. The molecule has 0 atom stereocenters. The maximum absolute atomic E-state index is 4.53. The second-order valence-electron chi connectivity index (χ2n) is 9.16. The van der Waals surface area contributed by atoms with Gasteiger partial charge in [0.05, 0.1) is 11.4 Å². The smallest absolute Gasteiger partial charge is 0.0860 e. The minimum absolute atomic E-state index is 0.232. The zero-order valence-corrected chi connectivity index (χ0v) is 19.5. The Morgan fingerprint density at radius 3 is 2.17 bits per heavy atom. The molecule has 1 N–H and O–H groups in total. The van der Waals surface area contributed by atoms with Crippen LogP contribution in [0.25, 0.3) is 5.57 Å². The van der Waals surface area contributed by atoms with Crippen LogP contribution >= 0.6 is 0 Å². The molecule has 0 saturated carbocycles. The third kappa shape index (κ3) is 8.51. The fraction of sp³-hybridized carbons (Fsp3) is 0.370. The predicted molar refractivity (Wildman–Crippen MR) is 131 cm³/mol. The molecule has 0 aliphatic rings. The zero-order chi connectivity index (χ0) is 22.4. The summed E-state index contributed by atoms with van der Waals surface area (Å²) in [6.07, 6.45) is 2.98. The zero-order valence-electron chi connectivity index (χ0n) is 19.5. The van der Waals surface area contributed by atoms with Gasteiger partial charge in [-0.1, -0.05) is 70.9 Å². The summed E-state index contributed by atoms with van der Waals surface area (Å²) in [6, 6.07) is 6.55. The largest absolute Gasteiger partial charge is 0.380 e. The van der Waals surface area contributed by atoms with Gasteiger partial charge < -0.3 is 5.32 Å². The normalized spacial score (nSPS) is 12.5. The molecule has 0 unspecified atom stereocenters. The quantitative estimate of drug-likeness (QED) is 0.342. The fourth-order valence-corrected chi connectivity index (χ4v) is 2.99. The summed E-state index contributed by atoms with van der Waals surface area (Å²) < 4.78 is 0. The second-order valence-corrected chi connectivity index (χ2v) is 9.16. The van der Waals surface area contributed by atoms with Gasteiger partial charge in [-0.25, -0.2) is 0 Å². The van der Waals surface area contributed by atoms with Crippen LogP contribution in [0.1, 0.15) is 64.7 Å². The van der Waals surface area contributed by atoms with E-state index in [0.717, 1.165) is 34.7 Å². The van der Waals surface area contributed by atoms with Gasteiger partial charge in [0.2, 0.25) is 0 Å². The minimum atomic E-state index is 0.232.